The molecule has 0 aromatic heterocycles. The van der Waals surface area contributed by atoms with Gasteiger partial charge in [-0.05, 0) is 57.4 Å². The van der Waals surface area contributed by atoms with Gasteiger partial charge < -0.3 is 10.6 Å². The van der Waals surface area contributed by atoms with Crippen LogP contribution in [0.2, 0.25) is 0 Å². The minimum atomic E-state index is -0.437. The number of carbonyl (C=O) groups is 1. The summed E-state index contributed by atoms with van der Waals surface area (Å²) in [6, 6.07) is 5.85. The molecule has 2 N–H and O–H groups in total. The van der Waals surface area contributed by atoms with Crippen molar-refractivity contribution in [3.8, 4) is 0 Å². The van der Waals surface area contributed by atoms with E-state index in [2.05, 4.69) is 26.6 Å². The summed E-state index contributed by atoms with van der Waals surface area (Å²) in [6.45, 7) is 4.90. The molecule has 19 heavy (non-hydrogen) atoms. The highest BCUT2D eigenvalue weighted by Gasteiger charge is 2.34. The molecule has 1 amide bonds. The number of rotatable bonds is 2. The number of carbonyl (C=O) groups excluding carboxylic acids is 1. The zero-order chi connectivity index (χ0) is 13.2. The molecule has 1 heterocycles. The van der Waals surface area contributed by atoms with E-state index in [0.717, 1.165) is 41.5 Å². The zero-order valence-electron chi connectivity index (χ0n) is 11.3. The highest BCUT2D eigenvalue weighted by molar-refractivity contribution is 9.10. The standard InChI is InChI=1S/C14H19BrN2O.ClH/c1-10-11(15)6-5-7-12(10)17-13(18)14(2)8-3-4-9-16-14;/h5-7,16H,3-4,8-9H2,1-2H3,(H,17,18);1H. The van der Waals surface area contributed by atoms with Gasteiger partial charge in [-0.15, -0.1) is 12.4 Å². The quantitative estimate of drug-likeness (QED) is 0.857. The Morgan fingerprint density at radius 2 is 2.16 bits per heavy atom. The average Bonchev–Trinajstić information content (AvgIpc) is 2.36. The Hall–Kier alpha value is -0.580. The van der Waals surface area contributed by atoms with E-state index in [-0.39, 0.29) is 18.3 Å². The molecule has 1 saturated heterocycles. The maximum absolute atomic E-state index is 12.4. The molecule has 0 aliphatic carbocycles. The summed E-state index contributed by atoms with van der Waals surface area (Å²) in [4.78, 5) is 12.4. The van der Waals surface area contributed by atoms with Gasteiger partial charge in [-0.1, -0.05) is 22.0 Å². The second-order valence-electron chi connectivity index (χ2n) is 5.08. The largest absolute Gasteiger partial charge is 0.324 e. The molecule has 1 atom stereocenters. The molecule has 106 valence electrons. The van der Waals surface area contributed by atoms with Crippen molar-refractivity contribution in [3.05, 3.63) is 28.2 Å². The Balaban J connectivity index is 0.00000180. The summed E-state index contributed by atoms with van der Waals surface area (Å²) in [5.74, 6) is 0.0587. The van der Waals surface area contributed by atoms with Crippen LogP contribution in [0.3, 0.4) is 0 Å². The molecule has 1 unspecified atom stereocenters. The number of hydrogen-bond donors (Lipinski definition) is 2. The second-order valence-corrected chi connectivity index (χ2v) is 5.94. The minimum absolute atomic E-state index is 0. The average molecular weight is 348 g/mol. The van der Waals surface area contributed by atoms with Crippen molar-refractivity contribution in [1.29, 1.82) is 0 Å². The van der Waals surface area contributed by atoms with Gasteiger partial charge >= 0.3 is 0 Å². The molecule has 1 aromatic rings. The van der Waals surface area contributed by atoms with Crippen LogP contribution in [0.5, 0.6) is 0 Å². The van der Waals surface area contributed by atoms with Crippen molar-refractivity contribution >= 4 is 39.9 Å². The lowest BCUT2D eigenvalue weighted by Crippen LogP contribution is -2.54. The van der Waals surface area contributed by atoms with Crippen LogP contribution in [0.1, 0.15) is 31.7 Å². The number of benzene rings is 1. The van der Waals surface area contributed by atoms with Crippen LogP contribution in [-0.2, 0) is 4.79 Å². The molecule has 2 rings (SSSR count). The van der Waals surface area contributed by atoms with Crippen LogP contribution in [0.25, 0.3) is 0 Å². The molecule has 0 radical (unpaired) electrons. The number of nitrogens with one attached hydrogen (secondary N) is 2. The van der Waals surface area contributed by atoms with Crippen LogP contribution >= 0.6 is 28.3 Å². The molecule has 0 bridgehead atoms. The highest BCUT2D eigenvalue weighted by Crippen LogP contribution is 2.26. The van der Waals surface area contributed by atoms with Crippen LogP contribution in [0.15, 0.2) is 22.7 Å². The summed E-state index contributed by atoms with van der Waals surface area (Å²) in [5.41, 5.74) is 1.50. The van der Waals surface area contributed by atoms with E-state index in [0.29, 0.717) is 0 Å². The van der Waals surface area contributed by atoms with Gasteiger partial charge in [-0.2, -0.15) is 0 Å². The number of anilines is 1. The molecule has 0 spiro atoms. The van der Waals surface area contributed by atoms with E-state index in [1.807, 2.05) is 32.0 Å². The summed E-state index contributed by atoms with van der Waals surface area (Å²) in [5, 5.41) is 6.36. The second kappa shape index (κ2) is 6.73. The van der Waals surface area contributed by atoms with E-state index in [4.69, 9.17) is 0 Å². The summed E-state index contributed by atoms with van der Waals surface area (Å²) >= 11 is 3.48. The Kier molecular flexibility index (Phi) is 5.83. The normalized spacial score (nSPS) is 22.5. The lowest BCUT2D eigenvalue weighted by Gasteiger charge is -2.33. The van der Waals surface area contributed by atoms with Crippen LogP contribution in [-0.4, -0.2) is 18.0 Å². The fourth-order valence-corrected chi connectivity index (χ4v) is 2.62. The Morgan fingerprint density at radius 3 is 2.79 bits per heavy atom. The summed E-state index contributed by atoms with van der Waals surface area (Å²) < 4.78 is 1.02. The molecule has 3 nitrogen and oxygen atoms in total. The van der Waals surface area contributed by atoms with Gasteiger partial charge in [0.1, 0.15) is 0 Å². The summed E-state index contributed by atoms with van der Waals surface area (Å²) in [7, 11) is 0. The third kappa shape index (κ3) is 3.71. The number of halogens is 2. The lowest BCUT2D eigenvalue weighted by atomic mass is 9.90. The minimum Gasteiger partial charge on any atom is -0.324 e. The fourth-order valence-electron chi connectivity index (χ4n) is 2.25. The maximum atomic E-state index is 12.4. The first-order chi connectivity index (χ1) is 8.53. The van der Waals surface area contributed by atoms with E-state index >= 15 is 0 Å². The Morgan fingerprint density at radius 1 is 1.42 bits per heavy atom. The first-order valence-corrected chi connectivity index (χ1v) is 7.14. The van der Waals surface area contributed by atoms with Crippen molar-refractivity contribution < 1.29 is 4.79 Å². The van der Waals surface area contributed by atoms with E-state index in [9.17, 15) is 4.79 Å². The number of amides is 1. The smallest absolute Gasteiger partial charge is 0.244 e. The number of hydrogen-bond acceptors (Lipinski definition) is 2. The number of piperidine rings is 1. The van der Waals surface area contributed by atoms with Crippen molar-refractivity contribution in [2.24, 2.45) is 0 Å². The van der Waals surface area contributed by atoms with Crippen LogP contribution in [0.4, 0.5) is 5.69 Å². The predicted molar refractivity (Wildman–Crippen MR) is 85.0 cm³/mol. The Bertz CT molecular complexity index is 459. The van der Waals surface area contributed by atoms with E-state index in [1.54, 1.807) is 0 Å². The highest BCUT2D eigenvalue weighted by atomic mass is 79.9. The summed E-state index contributed by atoms with van der Waals surface area (Å²) in [6.07, 6.45) is 3.15. The fraction of sp³-hybridized carbons (Fsp3) is 0.500. The van der Waals surface area contributed by atoms with Crippen molar-refractivity contribution in [2.75, 3.05) is 11.9 Å². The topological polar surface area (TPSA) is 41.1 Å². The molecular weight excluding hydrogens is 328 g/mol. The molecule has 1 aliphatic rings. The van der Waals surface area contributed by atoms with Crippen molar-refractivity contribution in [2.45, 2.75) is 38.6 Å². The zero-order valence-corrected chi connectivity index (χ0v) is 13.7. The monoisotopic (exact) mass is 346 g/mol. The van der Waals surface area contributed by atoms with Gasteiger partial charge in [0, 0.05) is 10.2 Å². The molecule has 1 aromatic carbocycles. The van der Waals surface area contributed by atoms with Gasteiger partial charge in [0.2, 0.25) is 5.91 Å². The molecule has 0 saturated carbocycles. The first-order valence-electron chi connectivity index (χ1n) is 6.34. The molecule has 1 fully saturated rings. The van der Waals surface area contributed by atoms with Gasteiger partial charge in [0.15, 0.2) is 0 Å². The third-order valence-electron chi connectivity index (χ3n) is 3.64. The third-order valence-corrected chi connectivity index (χ3v) is 4.49. The van der Waals surface area contributed by atoms with Gasteiger partial charge in [0.25, 0.3) is 0 Å². The molecule has 1 aliphatic heterocycles. The van der Waals surface area contributed by atoms with Gasteiger partial charge in [-0.3, -0.25) is 4.79 Å². The molecule has 5 heteroatoms. The lowest BCUT2D eigenvalue weighted by molar-refractivity contribution is -0.122. The Labute approximate surface area is 129 Å². The van der Waals surface area contributed by atoms with Crippen molar-refractivity contribution in [3.63, 3.8) is 0 Å². The van der Waals surface area contributed by atoms with Crippen LogP contribution in [0, 0.1) is 6.92 Å². The SMILES string of the molecule is Cc1c(Br)cccc1NC(=O)C1(C)CCCCN1.Cl. The van der Waals surface area contributed by atoms with Gasteiger partial charge in [0.05, 0.1) is 5.54 Å². The first kappa shape index (κ1) is 16.5. The maximum Gasteiger partial charge on any atom is 0.244 e. The molecular formula is C14H20BrClN2O. The van der Waals surface area contributed by atoms with Gasteiger partial charge in [-0.25, -0.2) is 0 Å². The van der Waals surface area contributed by atoms with E-state index in [1.165, 1.54) is 0 Å². The van der Waals surface area contributed by atoms with E-state index < -0.39 is 5.54 Å². The van der Waals surface area contributed by atoms with Crippen molar-refractivity contribution in [1.82, 2.24) is 5.32 Å². The predicted octanol–water partition coefficient (Wildman–Crippen LogP) is 3.65. The van der Waals surface area contributed by atoms with Crippen LogP contribution < -0.4 is 10.6 Å².